The molecule has 0 saturated heterocycles. The molecule has 2 aliphatic rings. The van der Waals surface area contributed by atoms with Crippen LogP contribution in [0.4, 0.5) is 11.4 Å². The van der Waals surface area contributed by atoms with Gasteiger partial charge in [-0.3, -0.25) is 0 Å². The molecule has 2 aliphatic carbocycles. The van der Waals surface area contributed by atoms with Crippen molar-refractivity contribution in [2.45, 2.75) is 0 Å². The monoisotopic (exact) mass is 232 g/mol. The van der Waals surface area contributed by atoms with Gasteiger partial charge in [-0.15, -0.1) is 0 Å². The third-order valence-electron chi connectivity index (χ3n) is 2.75. The fourth-order valence-corrected chi connectivity index (χ4v) is 1.87. The van der Waals surface area contributed by atoms with Crippen LogP contribution in [0.15, 0.2) is 83.0 Å². The molecule has 0 spiro atoms. The molecule has 0 heterocycles. The molecule has 1 aromatic rings. The lowest BCUT2D eigenvalue weighted by atomic mass is 10.2. The highest BCUT2D eigenvalue weighted by Crippen LogP contribution is 2.30. The van der Waals surface area contributed by atoms with Crippen molar-refractivity contribution in [3.05, 3.63) is 72.8 Å². The minimum Gasteiger partial charge on any atom is -0.151 e. The number of azo groups is 1. The summed E-state index contributed by atoms with van der Waals surface area (Å²) < 4.78 is 0. The molecule has 0 fully saturated rings. The maximum absolute atomic E-state index is 4.26. The van der Waals surface area contributed by atoms with Gasteiger partial charge in [-0.05, 0) is 35.4 Å². The molecular formula is C16H12N2. The number of nitrogens with zero attached hydrogens (tertiary/aromatic N) is 2. The zero-order valence-corrected chi connectivity index (χ0v) is 9.82. The van der Waals surface area contributed by atoms with E-state index in [1.807, 2.05) is 60.7 Å². The Bertz CT molecular complexity index is 614. The molecule has 3 rings (SSSR count). The molecule has 2 nitrogen and oxygen atoms in total. The third kappa shape index (κ3) is 2.28. The van der Waals surface area contributed by atoms with Crippen LogP contribution in [0.2, 0.25) is 0 Å². The lowest BCUT2D eigenvalue weighted by Gasteiger charge is -1.88. The summed E-state index contributed by atoms with van der Waals surface area (Å²) in [7, 11) is 0. The zero-order chi connectivity index (χ0) is 12.2. The van der Waals surface area contributed by atoms with Crippen LogP contribution in [-0.2, 0) is 0 Å². The van der Waals surface area contributed by atoms with Crippen molar-refractivity contribution in [1.29, 1.82) is 0 Å². The molecule has 0 bridgehead atoms. The van der Waals surface area contributed by atoms with E-state index in [-0.39, 0.29) is 0 Å². The van der Waals surface area contributed by atoms with Crippen molar-refractivity contribution in [1.82, 2.24) is 0 Å². The largest absolute Gasteiger partial charge is 0.151 e. The van der Waals surface area contributed by atoms with E-state index in [1.165, 1.54) is 11.1 Å². The van der Waals surface area contributed by atoms with Crippen LogP contribution in [0, 0.1) is 0 Å². The molecule has 86 valence electrons. The molecule has 18 heavy (non-hydrogen) atoms. The van der Waals surface area contributed by atoms with E-state index >= 15 is 0 Å². The van der Waals surface area contributed by atoms with E-state index in [0.29, 0.717) is 0 Å². The molecular weight excluding hydrogens is 220 g/mol. The quantitative estimate of drug-likeness (QED) is 0.542. The molecule has 0 amide bonds. The van der Waals surface area contributed by atoms with Gasteiger partial charge < -0.3 is 0 Å². The van der Waals surface area contributed by atoms with Gasteiger partial charge in [0.15, 0.2) is 0 Å². The van der Waals surface area contributed by atoms with Crippen LogP contribution in [-0.4, -0.2) is 0 Å². The maximum Gasteiger partial charge on any atom is 0.0869 e. The SMILES string of the molecule is c1ccc(N=Nc2cc3cccccc-3c2)cc1. The van der Waals surface area contributed by atoms with Crippen LogP contribution in [0.25, 0.3) is 11.1 Å². The summed E-state index contributed by atoms with van der Waals surface area (Å²) in [5, 5.41) is 8.47. The van der Waals surface area contributed by atoms with E-state index in [0.717, 1.165) is 11.4 Å². The standard InChI is InChI=1S/C16H12N2/c1-3-7-13-11-16(12-14(13)8-4-1)18-17-15-9-5-2-6-10-15/h1-12H. The fraction of sp³-hybridized carbons (Fsp3) is 0. The first-order chi connectivity index (χ1) is 8.92. The first kappa shape index (κ1) is 10.7. The molecule has 0 radical (unpaired) electrons. The Morgan fingerprint density at radius 3 is 1.61 bits per heavy atom. The van der Waals surface area contributed by atoms with Gasteiger partial charge in [0.05, 0.1) is 11.4 Å². The Morgan fingerprint density at radius 2 is 1.00 bits per heavy atom. The minimum absolute atomic E-state index is 0.869. The van der Waals surface area contributed by atoms with Crippen molar-refractivity contribution in [3.8, 4) is 11.1 Å². The first-order valence-corrected chi connectivity index (χ1v) is 5.87. The molecule has 0 N–H and O–H groups in total. The summed E-state index contributed by atoms with van der Waals surface area (Å²) in [4.78, 5) is 0. The first-order valence-electron chi connectivity index (χ1n) is 5.87. The van der Waals surface area contributed by atoms with Crippen molar-refractivity contribution < 1.29 is 0 Å². The summed E-state index contributed by atoms with van der Waals surface area (Å²) in [5.41, 5.74) is 4.12. The average Bonchev–Trinajstić information content (AvgIpc) is 2.68. The number of rotatable bonds is 2. The molecule has 1 aromatic carbocycles. The highest BCUT2D eigenvalue weighted by Gasteiger charge is 2.03. The van der Waals surface area contributed by atoms with Crippen molar-refractivity contribution in [2.75, 3.05) is 0 Å². The lowest BCUT2D eigenvalue weighted by molar-refractivity contribution is 1.24. The van der Waals surface area contributed by atoms with Crippen LogP contribution in [0.3, 0.4) is 0 Å². The smallest absolute Gasteiger partial charge is 0.0869 e. The zero-order valence-electron chi connectivity index (χ0n) is 9.82. The van der Waals surface area contributed by atoms with E-state index in [4.69, 9.17) is 0 Å². The van der Waals surface area contributed by atoms with Crippen molar-refractivity contribution >= 4 is 11.4 Å². The van der Waals surface area contributed by atoms with E-state index < -0.39 is 0 Å². The molecule has 2 heteroatoms. The number of hydrogen-bond acceptors (Lipinski definition) is 2. The summed E-state index contributed by atoms with van der Waals surface area (Å²) in [6, 6.07) is 24.1. The fourth-order valence-electron chi connectivity index (χ4n) is 1.87. The van der Waals surface area contributed by atoms with Crippen molar-refractivity contribution in [3.63, 3.8) is 0 Å². The van der Waals surface area contributed by atoms with Crippen LogP contribution >= 0.6 is 0 Å². The number of hydrogen-bond donors (Lipinski definition) is 0. The molecule has 0 aromatic heterocycles. The summed E-state index contributed by atoms with van der Waals surface area (Å²) in [5.74, 6) is 0. The summed E-state index contributed by atoms with van der Waals surface area (Å²) >= 11 is 0. The van der Waals surface area contributed by atoms with Crippen LogP contribution in [0.1, 0.15) is 0 Å². The van der Waals surface area contributed by atoms with E-state index in [2.05, 4.69) is 22.4 Å². The van der Waals surface area contributed by atoms with Gasteiger partial charge in [-0.1, -0.05) is 48.5 Å². The normalized spacial score (nSPS) is 11.1. The van der Waals surface area contributed by atoms with Gasteiger partial charge in [0.2, 0.25) is 0 Å². The summed E-state index contributed by atoms with van der Waals surface area (Å²) in [6.07, 6.45) is 0. The van der Waals surface area contributed by atoms with Crippen LogP contribution in [0.5, 0.6) is 0 Å². The Hall–Kier alpha value is -2.48. The van der Waals surface area contributed by atoms with Gasteiger partial charge in [0.25, 0.3) is 0 Å². The predicted molar refractivity (Wildman–Crippen MR) is 73.7 cm³/mol. The highest BCUT2D eigenvalue weighted by atomic mass is 15.1. The molecule has 0 atom stereocenters. The predicted octanol–water partition coefficient (Wildman–Crippen LogP) is 5.21. The number of benzene rings is 1. The van der Waals surface area contributed by atoms with Crippen molar-refractivity contribution in [2.24, 2.45) is 10.2 Å². The average molecular weight is 232 g/mol. The second-order valence-corrected chi connectivity index (χ2v) is 4.07. The maximum atomic E-state index is 4.26. The Labute approximate surface area is 106 Å². The second kappa shape index (κ2) is 4.80. The van der Waals surface area contributed by atoms with E-state index in [1.54, 1.807) is 0 Å². The van der Waals surface area contributed by atoms with Gasteiger partial charge >= 0.3 is 0 Å². The molecule has 0 unspecified atom stereocenters. The Balaban J connectivity index is 1.93. The van der Waals surface area contributed by atoms with Gasteiger partial charge in [0, 0.05) is 0 Å². The lowest BCUT2D eigenvalue weighted by Crippen LogP contribution is -1.59. The molecule has 0 aliphatic heterocycles. The third-order valence-corrected chi connectivity index (χ3v) is 2.75. The van der Waals surface area contributed by atoms with Gasteiger partial charge in [-0.25, -0.2) is 0 Å². The highest BCUT2D eigenvalue weighted by molar-refractivity contribution is 5.73. The van der Waals surface area contributed by atoms with E-state index in [9.17, 15) is 0 Å². The molecule has 0 saturated carbocycles. The topological polar surface area (TPSA) is 24.7 Å². The number of fused-ring (bicyclic) bond motifs is 1. The Kier molecular flexibility index (Phi) is 2.84. The summed E-state index contributed by atoms with van der Waals surface area (Å²) in [6.45, 7) is 0. The second-order valence-electron chi connectivity index (χ2n) is 4.07. The van der Waals surface area contributed by atoms with Crippen LogP contribution < -0.4 is 0 Å². The van der Waals surface area contributed by atoms with Gasteiger partial charge in [0.1, 0.15) is 0 Å². The van der Waals surface area contributed by atoms with Gasteiger partial charge in [-0.2, -0.15) is 10.2 Å². The minimum atomic E-state index is 0.869. The Morgan fingerprint density at radius 1 is 0.500 bits per heavy atom.